The van der Waals surface area contributed by atoms with E-state index in [1.54, 1.807) is 0 Å². The van der Waals surface area contributed by atoms with Gasteiger partial charge in [-0.15, -0.1) is 0 Å². The first-order valence-electron chi connectivity index (χ1n) is 5.23. The lowest BCUT2D eigenvalue weighted by Crippen LogP contribution is -2.50. The van der Waals surface area contributed by atoms with E-state index in [4.69, 9.17) is 5.26 Å². The monoisotopic (exact) mass is 179 g/mol. The third-order valence-corrected chi connectivity index (χ3v) is 3.21. The second-order valence-corrected chi connectivity index (χ2v) is 4.04. The summed E-state index contributed by atoms with van der Waals surface area (Å²) in [5.74, 6) is 0. The fourth-order valence-corrected chi connectivity index (χ4v) is 2.47. The first kappa shape index (κ1) is 8.98. The van der Waals surface area contributed by atoms with E-state index in [2.05, 4.69) is 15.9 Å². The molecule has 3 heteroatoms. The van der Waals surface area contributed by atoms with Crippen molar-refractivity contribution in [2.24, 2.45) is 0 Å². The number of fused-ring (bicyclic) bond motifs is 1. The second-order valence-electron chi connectivity index (χ2n) is 4.04. The number of nitriles is 1. The van der Waals surface area contributed by atoms with Crippen LogP contribution >= 0.6 is 0 Å². The molecule has 2 fully saturated rings. The zero-order chi connectivity index (χ0) is 9.10. The summed E-state index contributed by atoms with van der Waals surface area (Å²) in [6, 6.07) is 3.02. The molecular weight excluding hydrogens is 162 g/mol. The fourth-order valence-electron chi connectivity index (χ4n) is 2.47. The predicted octanol–water partition coefficient (Wildman–Crippen LogP) is 0.680. The average molecular weight is 179 g/mol. The van der Waals surface area contributed by atoms with Gasteiger partial charge < -0.3 is 0 Å². The van der Waals surface area contributed by atoms with Gasteiger partial charge in [0.2, 0.25) is 0 Å². The molecule has 72 valence electrons. The lowest BCUT2D eigenvalue weighted by atomic mass is 10.1. The normalized spacial score (nSPS) is 29.9. The molecule has 3 nitrogen and oxygen atoms in total. The Morgan fingerprint density at radius 1 is 1.31 bits per heavy atom. The number of hydrogen-bond donors (Lipinski definition) is 0. The summed E-state index contributed by atoms with van der Waals surface area (Å²) in [5, 5.41) is 8.50. The Kier molecular flexibility index (Phi) is 2.82. The molecule has 0 radical (unpaired) electrons. The Morgan fingerprint density at radius 3 is 3.08 bits per heavy atom. The quantitative estimate of drug-likeness (QED) is 0.624. The van der Waals surface area contributed by atoms with Crippen LogP contribution in [0.1, 0.15) is 19.3 Å². The molecule has 2 aliphatic heterocycles. The third kappa shape index (κ3) is 2.01. The molecule has 2 saturated heterocycles. The number of nitrogens with zero attached hydrogens (tertiary/aromatic N) is 3. The van der Waals surface area contributed by atoms with Crippen LogP contribution in [0, 0.1) is 11.3 Å². The molecule has 0 spiro atoms. The number of hydrogen-bond acceptors (Lipinski definition) is 3. The van der Waals surface area contributed by atoms with Gasteiger partial charge in [0.05, 0.1) is 6.07 Å². The summed E-state index contributed by atoms with van der Waals surface area (Å²) in [5.41, 5.74) is 0. The van der Waals surface area contributed by atoms with E-state index >= 15 is 0 Å². The van der Waals surface area contributed by atoms with Crippen LogP contribution in [0.5, 0.6) is 0 Å². The number of piperazine rings is 1. The van der Waals surface area contributed by atoms with Crippen molar-refractivity contribution < 1.29 is 0 Å². The highest BCUT2D eigenvalue weighted by atomic mass is 15.3. The van der Waals surface area contributed by atoms with Crippen LogP contribution < -0.4 is 0 Å². The maximum Gasteiger partial charge on any atom is 0.0635 e. The van der Waals surface area contributed by atoms with E-state index in [1.807, 2.05) is 0 Å². The first-order valence-corrected chi connectivity index (χ1v) is 5.23. The standard InChI is InChI=1S/C10H17N3/c11-4-2-5-12-7-8-13-6-1-3-10(13)9-12/h10H,1-3,5-9H2. The van der Waals surface area contributed by atoms with E-state index in [-0.39, 0.29) is 0 Å². The molecule has 0 aliphatic carbocycles. The van der Waals surface area contributed by atoms with Crippen LogP contribution in [0.2, 0.25) is 0 Å². The van der Waals surface area contributed by atoms with Gasteiger partial charge in [-0.05, 0) is 19.4 Å². The molecule has 0 aromatic carbocycles. The van der Waals surface area contributed by atoms with Crippen molar-refractivity contribution in [2.75, 3.05) is 32.7 Å². The summed E-state index contributed by atoms with van der Waals surface area (Å²) in [7, 11) is 0. The molecule has 2 heterocycles. The van der Waals surface area contributed by atoms with E-state index in [0.717, 1.165) is 19.1 Å². The Hall–Kier alpha value is -0.590. The van der Waals surface area contributed by atoms with E-state index in [1.165, 1.54) is 32.5 Å². The van der Waals surface area contributed by atoms with Crippen molar-refractivity contribution in [1.82, 2.24) is 9.80 Å². The minimum atomic E-state index is 0.687. The maximum atomic E-state index is 8.50. The molecule has 0 bridgehead atoms. The molecule has 2 aliphatic rings. The van der Waals surface area contributed by atoms with Gasteiger partial charge in [-0.1, -0.05) is 0 Å². The predicted molar refractivity (Wildman–Crippen MR) is 51.3 cm³/mol. The van der Waals surface area contributed by atoms with Gasteiger partial charge in [0.1, 0.15) is 0 Å². The van der Waals surface area contributed by atoms with Gasteiger partial charge >= 0.3 is 0 Å². The van der Waals surface area contributed by atoms with Crippen molar-refractivity contribution in [2.45, 2.75) is 25.3 Å². The summed E-state index contributed by atoms with van der Waals surface area (Å²) < 4.78 is 0. The van der Waals surface area contributed by atoms with Crippen molar-refractivity contribution in [3.05, 3.63) is 0 Å². The molecule has 0 aromatic heterocycles. The van der Waals surface area contributed by atoms with E-state index < -0.39 is 0 Å². The van der Waals surface area contributed by atoms with Crippen LogP contribution in [0.25, 0.3) is 0 Å². The smallest absolute Gasteiger partial charge is 0.0635 e. The Labute approximate surface area is 79.9 Å². The van der Waals surface area contributed by atoms with Gasteiger partial charge in [-0.25, -0.2) is 0 Å². The minimum Gasteiger partial charge on any atom is -0.299 e. The molecule has 0 amide bonds. The summed E-state index contributed by atoms with van der Waals surface area (Å²) in [6.07, 6.45) is 3.42. The average Bonchev–Trinajstić information content (AvgIpc) is 2.61. The topological polar surface area (TPSA) is 30.3 Å². The molecule has 1 atom stereocenters. The molecular formula is C10H17N3. The van der Waals surface area contributed by atoms with Crippen LogP contribution in [-0.4, -0.2) is 48.6 Å². The Bertz CT molecular complexity index is 209. The molecule has 0 N–H and O–H groups in total. The molecule has 0 saturated carbocycles. The summed E-state index contributed by atoms with van der Waals surface area (Å²) >= 11 is 0. The van der Waals surface area contributed by atoms with Gasteiger partial charge in [0, 0.05) is 38.6 Å². The highest BCUT2D eigenvalue weighted by Crippen LogP contribution is 2.21. The van der Waals surface area contributed by atoms with Crippen molar-refractivity contribution in [1.29, 1.82) is 5.26 Å². The highest BCUT2D eigenvalue weighted by molar-refractivity contribution is 4.87. The van der Waals surface area contributed by atoms with Gasteiger partial charge in [0.25, 0.3) is 0 Å². The van der Waals surface area contributed by atoms with Gasteiger partial charge in [0.15, 0.2) is 0 Å². The minimum absolute atomic E-state index is 0.687. The van der Waals surface area contributed by atoms with Crippen LogP contribution in [0.15, 0.2) is 0 Å². The Balaban J connectivity index is 1.80. The molecule has 0 aromatic rings. The van der Waals surface area contributed by atoms with Crippen LogP contribution in [0.4, 0.5) is 0 Å². The Morgan fingerprint density at radius 2 is 2.23 bits per heavy atom. The maximum absolute atomic E-state index is 8.50. The SMILES string of the molecule is N#CCCN1CCN2CCCC2C1. The second kappa shape index (κ2) is 4.08. The van der Waals surface area contributed by atoms with Gasteiger partial charge in [-0.2, -0.15) is 5.26 Å². The van der Waals surface area contributed by atoms with Gasteiger partial charge in [-0.3, -0.25) is 9.80 Å². The molecule has 2 rings (SSSR count). The number of rotatable bonds is 2. The third-order valence-electron chi connectivity index (χ3n) is 3.21. The fraction of sp³-hybridized carbons (Fsp3) is 0.900. The zero-order valence-electron chi connectivity index (χ0n) is 8.08. The lowest BCUT2D eigenvalue weighted by molar-refractivity contribution is 0.106. The summed E-state index contributed by atoms with van der Waals surface area (Å²) in [4.78, 5) is 5.04. The van der Waals surface area contributed by atoms with E-state index in [9.17, 15) is 0 Å². The van der Waals surface area contributed by atoms with Crippen molar-refractivity contribution in [3.8, 4) is 6.07 Å². The lowest BCUT2D eigenvalue weighted by Gasteiger charge is -2.37. The van der Waals surface area contributed by atoms with Crippen LogP contribution in [-0.2, 0) is 0 Å². The summed E-state index contributed by atoms with van der Waals surface area (Å²) in [6.45, 7) is 5.85. The van der Waals surface area contributed by atoms with E-state index in [0.29, 0.717) is 6.42 Å². The first-order chi connectivity index (χ1) is 6.40. The van der Waals surface area contributed by atoms with Crippen LogP contribution in [0.3, 0.4) is 0 Å². The molecule has 1 unspecified atom stereocenters. The zero-order valence-corrected chi connectivity index (χ0v) is 8.08. The highest BCUT2D eigenvalue weighted by Gasteiger charge is 2.29. The van der Waals surface area contributed by atoms with Crippen molar-refractivity contribution >= 4 is 0 Å². The largest absolute Gasteiger partial charge is 0.299 e. The molecule has 13 heavy (non-hydrogen) atoms. The van der Waals surface area contributed by atoms with Crippen molar-refractivity contribution in [3.63, 3.8) is 0 Å².